The molecular weight excluding hydrogens is 430 g/mol. The first-order valence-corrected chi connectivity index (χ1v) is 12.1. The molecule has 1 fully saturated rings. The van der Waals surface area contributed by atoms with E-state index in [-0.39, 0.29) is 5.91 Å². The van der Waals surface area contributed by atoms with Crippen molar-refractivity contribution < 1.29 is 9.90 Å². The van der Waals surface area contributed by atoms with Gasteiger partial charge in [-0.3, -0.25) is 9.48 Å². The van der Waals surface area contributed by atoms with Gasteiger partial charge in [0.25, 0.3) is 5.91 Å². The minimum absolute atomic E-state index is 0.0758. The van der Waals surface area contributed by atoms with Gasteiger partial charge >= 0.3 is 0 Å². The molecule has 4 rings (SSSR count). The molecule has 1 unspecified atom stereocenters. The van der Waals surface area contributed by atoms with Crippen LogP contribution in [0.1, 0.15) is 43.5 Å². The number of likely N-dealkylation sites (tertiary alicyclic amines) is 1. The van der Waals surface area contributed by atoms with Crippen LogP contribution in [-0.4, -0.2) is 44.9 Å². The third-order valence-electron chi connectivity index (χ3n) is 5.70. The second-order valence-corrected chi connectivity index (χ2v) is 9.88. The van der Waals surface area contributed by atoms with Crippen LogP contribution in [0.25, 0.3) is 21.7 Å². The predicted molar refractivity (Wildman–Crippen MR) is 127 cm³/mol. The number of carbonyl (C=O) groups excluding carboxylic acids is 1. The van der Waals surface area contributed by atoms with E-state index in [0.29, 0.717) is 29.6 Å². The van der Waals surface area contributed by atoms with Gasteiger partial charge in [0.1, 0.15) is 0 Å². The van der Waals surface area contributed by atoms with Gasteiger partial charge in [0, 0.05) is 52.8 Å². The summed E-state index contributed by atoms with van der Waals surface area (Å²) < 4.78 is 2.06. The molecule has 7 heteroatoms. The summed E-state index contributed by atoms with van der Waals surface area (Å²) in [6.45, 7) is 6.39. The fourth-order valence-electron chi connectivity index (χ4n) is 3.92. The number of benzene rings is 1. The maximum Gasteiger partial charge on any atom is 0.253 e. The Balaban J connectivity index is 1.53. The SMILES string of the molecule is CC(C)CCn1nccc1-c1csc(-c2ccc(C(=O)N3CCCC(O)C3)cc2Cl)c1. The first-order valence-electron chi connectivity index (χ1n) is 10.8. The Kier molecular flexibility index (Phi) is 6.80. The molecule has 1 saturated heterocycles. The van der Waals surface area contributed by atoms with Gasteiger partial charge in [-0.25, -0.2) is 0 Å². The highest BCUT2D eigenvalue weighted by molar-refractivity contribution is 7.14. The smallest absolute Gasteiger partial charge is 0.253 e. The van der Waals surface area contributed by atoms with E-state index in [4.69, 9.17) is 11.6 Å². The van der Waals surface area contributed by atoms with E-state index in [0.717, 1.165) is 47.5 Å². The first-order chi connectivity index (χ1) is 14.9. The summed E-state index contributed by atoms with van der Waals surface area (Å²) in [5.41, 5.74) is 3.71. The lowest BCUT2D eigenvalue weighted by Gasteiger charge is -2.30. The minimum Gasteiger partial charge on any atom is -0.391 e. The molecule has 1 atom stereocenters. The summed E-state index contributed by atoms with van der Waals surface area (Å²) in [5.74, 6) is 0.552. The predicted octanol–water partition coefficient (Wildman–Crippen LogP) is 5.58. The number of nitrogens with zero attached hydrogens (tertiary/aromatic N) is 3. The number of amides is 1. The zero-order valence-corrected chi connectivity index (χ0v) is 19.5. The van der Waals surface area contributed by atoms with Gasteiger partial charge in [0.2, 0.25) is 0 Å². The second kappa shape index (κ2) is 9.55. The highest BCUT2D eigenvalue weighted by Crippen LogP contribution is 2.37. The fourth-order valence-corrected chi connectivity index (χ4v) is 5.20. The van der Waals surface area contributed by atoms with Crippen molar-refractivity contribution in [1.29, 1.82) is 0 Å². The van der Waals surface area contributed by atoms with Crippen molar-refractivity contribution in [3.05, 3.63) is 52.5 Å². The van der Waals surface area contributed by atoms with E-state index in [1.807, 2.05) is 24.4 Å². The molecule has 164 valence electrons. The molecule has 1 amide bonds. The van der Waals surface area contributed by atoms with Crippen molar-refractivity contribution in [2.45, 2.75) is 45.8 Å². The average Bonchev–Trinajstić information content (AvgIpc) is 3.41. The molecule has 5 nitrogen and oxygen atoms in total. The van der Waals surface area contributed by atoms with Gasteiger partial charge in [-0.05, 0) is 49.4 Å². The van der Waals surface area contributed by atoms with Crippen LogP contribution in [0, 0.1) is 5.92 Å². The van der Waals surface area contributed by atoms with Crippen LogP contribution in [0.5, 0.6) is 0 Å². The second-order valence-electron chi connectivity index (χ2n) is 8.56. The van der Waals surface area contributed by atoms with Crippen LogP contribution in [0.2, 0.25) is 5.02 Å². The number of carbonyl (C=O) groups is 1. The van der Waals surface area contributed by atoms with Crippen molar-refractivity contribution in [2.24, 2.45) is 5.92 Å². The third-order valence-corrected chi connectivity index (χ3v) is 6.97. The third kappa shape index (κ3) is 5.03. The van der Waals surface area contributed by atoms with E-state index in [2.05, 4.69) is 35.1 Å². The van der Waals surface area contributed by atoms with E-state index < -0.39 is 6.10 Å². The molecule has 1 aliphatic heterocycles. The Bertz CT molecular complexity index is 1060. The zero-order valence-electron chi connectivity index (χ0n) is 17.9. The Morgan fingerprint density at radius 2 is 2.16 bits per heavy atom. The van der Waals surface area contributed by atoms with Crippen LogP contribution < -0.4 is 0 Å². The summed E-state index contributed by atoms with van der Waals surface area (Å²) in [7, 11) is 0. The van der Waals surface area contributed by atoms with E-state index in [1.165, 1.54) is 0 Å². The van der Waals surface area contributed by atoms with Gasteiger partial charge in [0.15, 0.2) is 0 Å². The number of β-amino-alcohol motifs (C(OH)–C–C–N with tert-alkyl or cyclic N) is 1. The number of hydrogen-bond donors (Lipinski definition) is 1. The van der Waals surface area contributed by atoms with E-state index in [1.54, 1.807) is 22.3 Å². The van der Waals surface area contributed by atoms with Crippen molar-refractivity contribution in [2.75, 3.05) is 13.1 Å². The largest absolute Gasteiger partial charge is 0.391 e. The molecule has 3 aromatic rings. The average molecular weight is 458 g/mol. The molecule has 0 spiro atoms. The summed E-state index contributed by atoms with van der Waals surface area (Å²) >= 11 is 8.23. The number of thiophene rings is 1. The maximum absolute atomic E-state index is 12.8. The molecule has 31 heavy (non-hydrogen) atoms. The number of halogens is 1. The quantitative estimate of drug-likeness (QED) is 0.526. The summed E-state index contributed by atoms with van der Waals surface area (Å²) in [5, 5.41) is 17.0. The molecule has 1 N–H and O–H groups in total. The van der Waals surface area contributed by atoms with Crippen LogP contribution in [0.4, 0.5) is 0 Å². The molecule has 0 aliphatic carbocycles. The van der Waals surface area contributed by atoms with Crippen LogP contribution in [-0.2, 0) is 6.54 Å². The highest BCUT2D eigenvalue weighted by atomic mass is 35.5. The van der Waals surface area contributed by atoms with Crippen LogP contribution in [0.3, 0.4) is 0 Å². The van der Waals surface area contributed by atoms with Crippen LogP contribution in [0.15, 0.2) is 41.9 Å². The lowest BCUT2D eigenvalue weighted by molar-refractivity contribution is 0.0474. The number of aromatic nitrogens is 2. The van der Waals surface area contributed by atoms with Crippen molar-refractivity contribution in [3.63, 3.8) is 0 Å². The monoisotopic (exact) mass is 457 g/mol. The normalized spacial score (nSPS) is 16.8. The standard InChI is InChI=1S/C24H28ClN3O2S/c1-16(2)8-11-28-22(7-9-26-28)18-13-23(31-15-18)20-6-5-17(12-21(20)25)24(30)27-10-3-4-19(29)14-27/h5-7,9,12-13,15-16,19,29H,3-4,8,10-11,14H2,1-2H3. The van der Waals surface area contributed by atoms with Gasteiger partial charge in [-0.2, -0.15) is 5.10 Å². The molecule has 0 bridgehead atoms. The number of aliphatic hydroxyl groups excluding tert-OH is 1. The molecule has 0 radical (unpaired) electrons. The zero-order chi connectivity index (χ0) is 22.0. The van der Waals surface area contributed by atoms with Gasteiger partial charge in [0.05, 0.1) is 16.8 Å². The number of rotatable bonds is 6. The van der Waals surface area contributed by atoms with Crippen molar-refractivity contribution in [1.82, 2.24) is 14.7 Å². The van der Waals surface area contributed by atoms with Gasteiger partial charge in [-0.1, -0.05) is 31.5 Å². The molecule has 1 aliphatic rings. The van der Waals surface area contributed by atoms with Crippen LogP contribution >= 0.6 is 22.9 Å². The molecule has 3 heterocycles. The van der Waals surface area contributed by atoms with Crippen molar-refractivity contribution >= 4 is 28.8 Å². The summed E-state index contributed by atoms with van der Waals surface area (Å²) in [6.07, 6.45) is 4.07. The summed E-state index contributed by atoms with van der Waals surface area (Å²) in [6, 6.07) is 9.67. The van der Waals surface area contributed by atoms with E-state index in [9.17, 15) is 9.90 Å². The first kappa shape index (κ1) is 22.1. The topological polar surface area (TPSA) is 58.4 Å². The minimum atomic E-state index is -0.439. The number of piperidine rings is 1. The Morgan fingerprint density at radius 1 is 1.32 bits per heavy atom. The molecule has 1 aromatic carbocycles. The lowest BCUT2D eigenvalue weighted by Crippen LogP contribution is -2.42. The van der Waals surface area contributed by atoms with Gasteiger partial charge < -0.3 is 10.0 Å². The highest BCUT2D eigenvalue weighted by Gasteiger charge is 2.23. The van der Waals surface area contributed by atoms with Crippen molar-refractivity contribution in [3.8, 4) is 21.7 Å². The molecule has 0 saturated carbocycles. The van der Waals surface area contributed by atoms with Gasteiger partial charge in [-0.15, -0.1) is 11.3 Å². The van der Waals surface area contributed by atoms with E-state index >= 15 is 0 Å². The molecular formula is C24H28ClN3O2S. The Labute approximate surface area is 192 Å². The number of aliphatic hydroxyl groups is 1. The number of hydrogen-bond acceptors (Lipinski definition) is 4. The molecule has 2 aromatic heterocycles. The Morgan fingerprint density at radius 3 is 2.90 bits per heavy atom. The number of aryl methyl sites for hydroxylation is 1. The fraction of sp³-hybridized carbons (Fsp3) is 0.417. The Hall–Kier alpha value is -2.15. The lowest BCUT2D eigenvalue weighted by atomic mass is 10.0. The summed E-state index contributed by atoms with van der Waals surface area (Å²) in [4.78, 5) is 15.6. The maximum atomic E-state index is 12.8.